The maximum Gasteiger partial charge on any atom is 0.231 e. The van der Waals surface area contributed by atoms with Crippen molar-refractivity contribution in [1.29, 1.82) is 0 Å². The molecule has 0 radical (unpaired) electrons. The first-order chi connectivity index (χ1) is 14.1. The Morgan fingerprint density at radius 3 is 2.38 bits per heavy atom. The van der Waals surface area contributed by atoms with Crippen molar-refractivity contribution in [3.63, 3.8) is 0 Å². The summed E-state index contributed by atoms with van der Waals surface area (Å²) in [6.45, 7) is 5.67. The minimum Gasteiger partial charge on any atom is -0.438 e. The molecule has 0 bridgehead atoms. The number of hydrogen-bond donors (Lipinski definition) is 0. The van der Waals surface area contributed by atoms with Gasteiger partial charge in [-0.15, -0.1) is 0 Å². The van der Waals surface area contributed by atoms with Crippen LogP contribution in [0.5, 0.6) is 11.6 Å². The van der Waals surface area contributed by atoms with Crippen LogP contribution in [0.15, 0.2) is 59.7 Å². The van der Waals surface area contributed by atoms with Crippen LogP contribution >= 0.6 is 0 Å². The van der Waals surface area contributed by atoms with E-state index in [-0.39, 0.29) is 5.82 Å². The molecule has 7 heteroatoms. The second kappa shape index (κ2) is 8.45. The van der Waals surface area contributed by atoms with Gasteiger partial charge in [-0.3, -0.25) is 5.01 Å². The van der Waals surface area contributed by atoms with E-state index in [2.05, 4.69) is 27.2 Å². The van der Waals surface area contributed by atoms with E-state index >= 15 is 0 Å². The van der Waals surface area contributed by atoms with Gasteiger partial charge >= 0.3 is 0 Å². The minimum atomic E-state index is -0.304. The molecule has 2 aromatic carbocycles. The van der Waals surface area contributed by atoms with Gasteiger partial charge in [-0.1, -0.05) is 18.2 Å². The Kier molecular flexibility index (Phi) is 5.57. The summed E-state index contributed by atoms with van der Waals surface area (Å²) in [5, 5.41) is 11.4. The zero-order chi connectivity index (χ0) is 20.2. The lowest BCUT2D eigenvalue weighted by molar-refractivity contribution is 0.159. The van der Waals surface area contributed by atoms with Crippen LogP contribution in [0, 0.1) is 12.7 Å². The van der Waals surface area contributed by atoms with E-state index in [1.165, 1.54) is 12.1 Å². The fourth-order valence-electron chi connectivity index (χ4n) is 3.17. The highest BCUT2D eigenvalue weighted by Crippen LogP contribution is 2.29. The molecule has 0 spiro atoms. The average molecular weight is 393 g/mol. The quantitative estimate of drug-likeness (QED) is 0.620. The molecule has 6 nitrogen and oxygen atoms in total. The SMILES string of the molecule is Cc1nn(-c2ccccc2)c(Oc2ccc(F)cc2)c1/C=N/N1CCN(C)CC1. The zero-order valence-electron chi connectivity index (χ0n) is 16.6. The summed E-state index contributed by atoms with van der Waals surface area (Å²) in [5.74, 6) is 0.790. The number of hydrogen-bond acceptors (Lipinski definition) is 5. The number of para-hydroxylation sites is 1. The smallest absolute Gasteiger partial charge is 0.231 e. The van der Waals surface area contributed by atoms with Crippen molar-refractivity contribution in [2.75, 3.05) is 33.2 Å². The van der Waals surface area contributed by atoms with Crippen molar-refractivity contribution in [3.8, 4) is 17.3 Å². The first kappa shape index (κ1) is 19.1. The summed E-state index contributed by atoms with van der Waals surface area (Å²) in [5.41, 5.74) is 2.49. The summed E-state index contributed by atoms with van der Waals surface area (Å²) in [6, 6.07) is 15.8. The van der Waals surface area contributed by atoms with Crippen LogP contribution in [0.3, 0.4) is 0 Å². The van der Waals surface area contributed by atoms with Crippen LogP contribution < -0.4 is 4.74 Å². The number of hydrazone groups is 1. The summed E-state index contributed by atoms with van der Waals surface area (Å²) in [4.78, 5) is 2.29. The third-order valence-corrected chi connectivity index (χ3v) is 4.92. The summed E-state index contributed by atoms with van der Waals surface area (Å²) in [6.07, 6.45) is 1.81. The second-order valence-electron chi connectivity index (χ2n) is 7.11. The maximum atomic E-state index is 13.3. The van der Waals surface area contributed by atoms with E-state index in [1.807, 2.05) is 43.5 Å². The third-order valence-electron chi connectivity index (χ3n) is 4.92. The Hall–Kier alpha value is -3.19. The molecular weight excluding hydrogens is 369 g/mol. The number of aryl methyl sites for hydroxylation is 1. The molecule has 1 saturated heterocycles. The topological polar surface area (TPSA) is 45.9 Å². The van der Waals surface area contributed by atoms with E-state index in [9.17, 15) is 4.39 Å². The molecule has 0 unspecified atom stereocenters. The van der Waals surface area contributed by atoms with Crippen LogP contribution in [-0.2, 0) is 0 Å². The molecule has 0 N–H and O–H groups in total. The van der Waals surface area contributed by atoms with E-state index < -0.39 is 0 Å². The van der Waals surface area contributed by atoms with Gasteiger partial charge in [0.05, 0.1) is 23.2 Å². The third kappa shape index (κ3) is 4.46. The number of halogens is 1. The molecule has 0 amide bonds. The molecular formula is C22H24FN5O. The van der Waals surface area contributed by atoms with E-state index in [4.69, 9.17) is 4.74 Å². The normalized spacial score (nSPS) is 15.2. The molecule has 1 aliphatic rings. The van der Waals surface area contributed by atoms with Crippen LogP contribution in [0.4, 0.5) is 4.39 Å². The second-order valence-corrected chi connectivity index (χ2v) is 7.11. The minimum absolute atomic E-state index is 0.304. The molecule has 1 aliphatic heterocycles. The molecule has 4 rings (SSSR count). The van der Waals surface area contributed by atoms with Gasteiger partial charge in [0.2, 0.25) is 5.88 Å². The molecule has 0 aliphatic carbocycles. The van der Waals surface area contributed by atoms with Gasteiger partial charge in [0.15, 0.2) is 0 Å². The Balaban J connectivity index is 1.69. The molecule has 2 heterocycles. The van der Waals surface area contributed by atoms with Crippen molar-refractivity contribution in [2.45, 2.75) is 6.92 Å². The number of ether oxygens (including phenoxy) is 1. The zero-order valence-corrected chi connectivity index (χ0v) is 16.6. The van der Waals surface area contributed by atoms with Crippen molar-refractivity contribution in [3.05, 3.63) is 71.7 Å². The number of rotatable bonds is 5. The Morgan fingerprint density at radius 2 is 1.69 bits per heavy atom. The first-order valence-corrected chi connectivity index (χ1v) is 9.66. The summed E-state index contributed by atoms with van der Waals surface area (Å²) in [7, 11) is 2.11. The molecule has 0 atom stereocenters. The summed E-state index contributed by atoms with van der Waals surface area (Å²) >= 11 is 0. The summed E-state index contributed by atoms with van der Waals surface area (Å²) < 4.78 is 21.2. The number of benzene rings is 2. The highest BCUT2D eigenvalue weighted by Gasteiger charge is 2.19. The van der Waals surface area contributed by atoms with E-state index in [0.717, 1.165) is 43.1 Å². The molecule has 0 saturated carbocycles. The maximum absolute atomic E-state index is 13.3. The number of aromatic nitrogens is 2. The van der Waals surface area contributed by atoms with Gasteiger partial charge in [0.25, 0.3) is 0 Å². The Labute approximate surface area is 169 Å². The van der Waals surface area contributed by atoms with Crippen LogP contribution in [-0.4, -0.2) is 59.1 Å². The van der Waals surface area contributed by atoms with Gasteiger partial charge in [-0.25, -0.2) is 4.39 Å². The first-order valence-electron chi connectivity index (χ1n) is 9.66. The number of piperazine rings is 1. The number of nitrogens with zero attached hydrogens (tertiary/aromatic N) is 5. The van der Waals surface area contributed by atoms with Crippen LogP contribution in [0.2, 0.25) is 0 Å². The van der Waals surface area contributed by atoms with Crippen LogP contribution in [0.1, 0.15) is 11.3 Å². The highest BCUT2D eigenvalue weighted by molar-refractivity contribution is 5.84. The lowest BCUT2D eigenvalue weighted by atomic mass is 10.2. The van der Waals surface area contributed by atoms with Gasteiger partial charge in [0.1, 0.15) is 11.6 Å². The van der Waals surface area contributed by atoms with Crippen molar-refractivity contribution >= 4 is 6.21 Å². The number of likely N-dealkylation sites (N-methyl/N-ethyl adjacent to an activating group) is 1. The van der Waals surface area contributed by atoms with Crippen molar-refractivity contribution in [1.82, 2.24) is 19.7 Å². The average Bonchev–Trinajstić information content (AvgIpc) is 3.05. The van der Waals surface area contributed by atoms with Gasteiger partial charge < -0.3 is 9.64 Å². The fourth-order valence-corrected chi connectivity index (χ4v) is 3.17. The monoisotopic (exact) mass is 393 g/mol. The van der Waals surface area contributed by atoms with E-state index in [1.54, 1.807) is 16.8 Å². The lowest BCUT2D eigenvalue weighted by Crippen LogP contribution is -2.41. The molecule has 1 aromatic heterocycles. The van der Waals surface area contributed by atoms with Gasteiger partial charge in [-0.2, -0.15) is 14.9 Å². The van der Waals surface area contributed by atoms with Crippen molar-refractivity contribution in [2.24, 2.45) is 5.10 Å². The van der Waals surface area contributed by atoms with Crippen molar-refractivity contribution < 1.29 is 9.13 Å². The van der Waals surface area contributed by atoms with Crippen LogP contribution in [0.25, 0.3) is 5.69 Å². The molecule has 29 heavy (non-hydrogen) atoms. The van der Waals surface area contributed by atoms with Gasteiger partial charge in [-0.05, 0) is 50.4 Å². The lowest BCUT2D eigenvalue weighted by Gasteiger charge is -2.30. The Bertz CT molecular complexity index is 976. The molecule has 150 valence electrons. The predicted molar refractivity (Wildman–Crippen MR) is 111 cm³/mol. The fraction of sp³-hybridized carbons (Fsp3) is 0.273. The standard InChI is InChI=1S/C22H24FN5O/c1-17-21(16-24-27-14-12-26(2)13-15-27)22(29-20-10-8-18(23)9-11-20)28(25-17)19-6-4-3-5-7-19/h3-11,16H,12-15H2,1-2H3/b24-16+. The molecule has 1 fully saturated rings. The molecule has 3 aromatic rings. The predicted octanol–water partition coefficient (Wildman–Crippen LogP) is 3.69. The van der Waals surface area contributed by atoms with Gasteiger partial charge in [0, 0.05) is 26.2 Å². The Morgan fingerprint density at radius 1 is 1.00 bits per heavy atom. The van der Waals surface area contributed by atoms with E-state index in [0.29, 0.717) is 11.6 Å². The largest absolute Gasteiger partial charge is 0.438 e. The highest BCUT2D eigenvalue weighted by atomic mass is 19.1.